The van der Waals surface area contributed by atoms with Gasteiger partial charge in [-0.05, 0) is 36.6 Å². The van der Waals surface area contributed by atoms with Crippen LogP contribution in [0.25, 0.3) is 21.3 Å². The lowest BCUT2D eigenvalue weighted by molar-refractivity contribution is 0.285. The molecule has 0 spiro atoms. The number of aliphatic hydroxyl groups is 1. The highest BCUT2D eigenvalue weighted by Gasteiger charge is 2.21. The Morgan fingerprint density at radius 3 is 3.04 bits per heavy atom. The molecule has 0 saturated carbocycles. The molecule has 23 heavy (non-hydrogen) atoms. The molecule has 0 aliphatic carbocycles. The Labute approximate surface area is 141 Å². The topological polar surface area (TPSA) is 45.2 Å². The van der Waals surface area contributed by atoms with Crippen LogP contribution in [-0.4, -0.2) is 16.6 Å². The number of nitrogens with zero attached hydrogens (tertiary/aromatic N) is 1. The summed E-state index contributed by atoms with van der Waals surface area (Å²) in [6.07, 6.45) is 3.20. The zero-order valence-electron chi connectivity index (χ0n) is 12.2. The molecule has 1 aliphatic heterocycles. The molecule has 0 amide bonds. The molecule has 118 valence electrons. The summed E-state index contributed by atoms with van der Waals surface area (Å²) in [5.41, 5.74) is 4.03. The number of fused-ring (bicyclic) bond motifs is 2. The maximum absolute atomic E-state index is 14.6. The van der Waals surface area contributed by atoms with Crippen LogP contribution >= 0.6 is 22.9 Å². The van der Waals surface area contributed by atoms with Gasteiger partial charge >= 0.3 is 0 Å². The molecule has 2 aromatic heterocycles. The van der Waals surface area contributed by atoms with Crippen LogP contribution in [0.4, 0.5) is 10.1 Å². The van der Waals surface area contributed by atoms with Crippen molar-refractivity contribution in [1.82, 2.24) is 4.98 Å². The third-order valence-corrected chi connectivity index (χ3v) is 5.43. The number of anilines is 1. The Kier molecular flexibility index (Phi) is 3.71. The van der Waals surface area contributed by atoms with Gasteiger partial charge in [-0.1, -0.05) is 11.6 Å². The lowest BCUT2D eigenvalue weighted by atomic mass is 9.95. The monoisotopic (exact) mass is 348 g/mol. The highest BCUT2D eigenvalue weighted by Crippen LogP contribution is 2.42. The fourth-order valence-corrected chi connectivity index (χ4v) is 4.36. The second kappa shape index (κ2) is 5.74. The number of aryl methyl sites for hydroxylation is 1. The normalized spacial score (nSPS) is 13.9. The Bertz CT molecular complexity index is 909. The third-order valence-electron chi connectivity index (χ3n) is 4.08. The molecular formula is C17H14ClFN2OS. The number of benzene rings is 1. The van der Waals surface area contributed by atoms with Crippen molar-refractivity contribution in [2.75, 3.05) is 11.9 Å². The van der Waals surface area contributed by atoms with E-state index in [1.807, 2.05) is 6.07 Å². The van der Waals surface area contributed by atoms with E-state index in [4.69, 9.17) is 11.6 Å². The Balaban J connectivity index is 2.04. The molecule has 0 saturated heterocycles. The van der Waals surface area contributed by atoms with Gasteiger partial charge in [-0.15, -0.1) is 11.3 Å². The minimum Gasteiger partial charge on any atom is -0.391 e. The van der Waals surface area contributed by atoms with E-state index in [0.29, 0.717) is 16.1 Å². The molecule has 3 aromatic rings. The van der Waals surface area contributed by atoms with Crippen molar-refractivity contribution in [3.05, 3.63) is 45.7 Å². The SMILES string of the molecule is OCc1cc2ncc(F)c(-c3cc(Cl)cc4c3NCCC4)c2s1. The van der Waals surface area contributed by atoms with Crippen LogP contribution in [0.15, 0.2) is 24.4 Å². The molecule has 3 heterocycles. The average molecular weight is 349 g/mol. The number of nitrogens with one attached hydrogen (secondary N) is 1. The van der Waals surface area contributed by atoms with Crippen molar-refractivity contribution in [1.29, 1.82) is 0 Å². The first-order valence-corrected chi connectivity index (χ1v) is 8.61. The van der Waals surface area contributed by atoms with Crippen molar-refractivity contribution in [2.45, 2.75) is 19.4 Å². The van der Waals surface area contributed by atoms with Crippen molar-refractivity contribution in [2.24, 2.45) is 0 Å². The predicted molar refractivity (Wildman–Crippen MR) is 92.8 cm³/mol. The van der Waals surface area contributed by atoms with Gasteiger partial charge in [0.15, 0.2) is 5.82 Å². The molecule has 0 bridgehead atoms. The van der Waals surface area contributed by atoms with Crippen LogP contribution in [0.3, 0.4) is 0 Å². The number of thiophene rings is 1. The van der Waals surface area contributed by atoms with Gasteiger partial charge in [-0.3, -0.25) is 4.98 Å². The van der Waals surface area contributed by atoms with Gasteiger partial charge in [0.05, 0.1) is 23.0 Å². The smallest absolute Gasteiger partial charge is 0.150 e. The molecule has 2 N–H and O–H groups in total. The largest absolute Gasteiger partial charge is 0.391 e. The van der Waals surface area contributed by atoms with Gasteiger partial charge in [0.2, 0.25) is 0 Å². The van der Waals surface area contributed by atoms with Crippen molar-refractivity contribution in [3.63, 3.8) is 0 Å². The fraction of sp³-hybridized carbons (Fsp3) is 0.235. The number of aliphatic hydroxyl groups excluding tert-OH is 1. The van der Waals surface area contributed by atoms with Gasteiger partial charge < -0.3 is 10.4 Å². The fourth-order valence-electron chi connectivity index (χ4n) is 3.09. The van der Waals surface area contributed by atoms with E-state index < -0.39 is 0 Å². The van der Waals surface area contributed by atoms with Gasteiger partial charge in [0, 0.05) is 33.3 Å². The number of rotatable bonds is 2. The summed E-state index contributed by atoms with van der Waals surface area (Å²) in [5.74, 6) is -0.374. The third kappa shape index (κ3) is 2.49. The maximum atomic E-state index is 14.6. The zero-order valence-corrected chi connectivity index (χ0v) is 13.8. The second-order valence-corrected chi connectivity index (χ2v) is 7.16. The quantitative estimate of drug-likeness (QED) is 0.711. The molecule has 0 unspecified atom stereocenters. The van der Waals surface area contributed by atoms with Crippen LogP contribution < -0.4 is 5.32 Å². The van der Waals surface area contributed by atoms with E-state index in [2.05, 4.69) is 10.3 Å². The lowest BCUT2D eigenvalue weighted by Crippen LogP contribution is -2.13. The molecular weight excluding hydrogens is 335 g/mol. The molecule has 6 heteroatoms. The second-order valence-electron chi connectivity index (χ2n) is 5.58. The van der Waals surface area contributed by atoms with Crippen LogP contribution in [0.5, 0.6) is 0 Å². The van der Waals surface area contributed by atoms with Gasteiger partial charge in [-0.25, -0.2) is 4.39 Å². The van der Waals surface area contributed by atoms with E-state index >= 15 is 0 Å². The summed E-state index contributed by atoms with van der Waals surface area (Å²) < 4.78 is 15.4. The minimum atomic E-state index is -0.374. The summed E-state index contributed by atoms with van der Waals surface area (Å²) in [6.45, 7) is 0.789. The maximum Gasteiger partial charge on any atom is 0.150 e. The summed E-state index contributed by atoms with van der Waals surface area (Å²) in [6, 6.07) is 5.54. The minimum absolute atomic E-state index is 0.0754. The van der Waals surface area contributed by atoms with Gasteiger partial charge in [-0.2, -0.15) is 0 Å². The number of hydrogen-bond donors (Lipinski definition) is 2. The first kappa shape index (κ1) is 14.9. The van der Waals surface area contributed by atoms with E-state index in [-0.39, 0.29) is 12.4 Å². The molecule has 3 nitrogen and oxygen atoms in total. The lowest BCUT2D eigenvalue weighted by Gasteiger charge is -2.22. The van der Waals surface area contributed by atoms with E-state index in [9.17, 15) is 9.50 Å². The zero-order chi connectivity index (χ0) is 16.0. The Morgan fingerprint density at radius 2 is 2.22 bits per heavy atom. The molecule has 1 aromatic carbocycles. The van der Waals surface area contributed by atoms with Crippen LogP contribution in [0, 0.1) is 5.82 Å². The standard InChI is InChI=1S/C17H14ClFN2OS/c18-10-4-9-2-1-3-20-16(9)12(5-10)15-13(19)7-21-14-6-11(8-22)23-17(14)15/h4-7,20,22H,1-3,8H2. The summed E-state index contributed by atoms with van der Waals surface area (Å²) in [5, 5.41) is 13.3. The van der Waals surface area contributed by atoms with E-state index in [1.165, 1.54) is 17.5 Å². The molecule has 0 radical (unpaired) electrons. The summed E-state index contributed by atoms with van der Waals surface area (Å²) in [7, 11) is 0. The highest BCUT2D eigenvalue weighted by molar-refractivity contribution is 7.19. The Morgan fingerprint density at radius 1 is 1.35 bits per heavy atom. The van der Waals surface area contributed by atoms with Crippen molar-refractivity contribution in [3.8, 4) is 11.1 Å². The van der Waals surface area contributed by atoms with Crippen LogP contribution in [0.1, 0.15) is 16.9 Å². The van der Waals surface area contributed by atoms with E-state index in [0.717, 1.165) is 45.8 Å². The van der Waals surface area contributed by atoms with Crippen LogP contribution in [0.2, 0.25) is 5.02 Å². The number of halogens is 2. The van der Waals surface area contributed by atoms with Crippen molar-refractivity contribution >= 4 is 38.8 Å². The number of hydrogen-bond acceptors (Lipinski definition) is 4. The molecule has 4 rings (SSSR count). The number of pyridine rings is 1. The first-order valence-electron chi connectivity index (χ1n) is 7.42. The predicted octanol–water partition coefficient (Wildman–Crippen LogP) is 4.61. The van der Waals surface area contributed by atoms with E-state index in [1.54, 1.807) is 12.1 Å². The average Bonchev–Trinajstić information content (AvgIpc) is 2.97. The van der Waals surface area contributed by atoms with Crippen LogP contribution in [-0.2, 0) is 13.0 Å². The molecule has 0 atom stereocenters. The summed E-state index contributed by atoms with van der Waals surface area (Å²) >= 11 is 7.63. The highest BCUT2D eigenvalue weighted by atomic mass is 35.5. The molecule has 1 aliphatic rings. The van der Waals surface area contributed by atoms with Gasteiger partial charge in [0.25, 0.3) is 0 Å². The Hall–Kier alpha value is -1.69. The van der Waals surface area contributed by atoms with Crippen molar-refractivity contribution < 1.29 is 9.50 Å². The first-order chi connectivity index (χ1) is 11.2. The summed E-state index contributed by atoms with van der Waals surface area (Å²) in [4.78, 5) is 4.91. The number of aromatic nitrogens is 1. The van der Waals surface area contributed by atoms with Gasteiger partial charge in [0.1, 0.15) is 0 Å². The molecule has 0 fully saturated rings.